The molecule has 0 radical (unpaired) electrons. The molecule has 0 atom stereocenters. The fourth-order valence-corrected chi connectivity index (χ4v) is 2.80. The molecule has 1 amide bonds. The zero-order valence-corrected chi connectivity index (χ0v) is 12.9. The summed E-state index contributed by atoms with van der Waals surface area (Å²) in [6.45, 7) is -3.05. The standard InChI is InChI=1S/C15H16ClF2NO4/c16-9-3-6-12(23-15(17)18)11(7-9)13(20)19-10-4-1-8(2-5-10)14(21)22/h3,6-8,10,15H,1-2,4-5H2,(H,19,20)(H,21,22). The van der Waals surface area contributed by atoms with Crippen LogP contribution in [0.3, 0.4) is 0 Å². The molecule has 1 saturated carbocycles. The maximum Gasteiger partial charge on any atom is 0.387 e. The topological polar surface area (TPSA) is 75.6 Å². The first-order chi connectivity index (χ1) is 10.9. The van der Waals surface area contributed by atoms with E-state index in [0.717, 1.165) is 0 Å². The minimum absolute atomic E-state index is 0.0711. The van der Waals surface area contributed by atoms with Gasteiger partial charge < -0.3 is 15.2 Å². The third-order valence-corrected chi connectivity index (χ3v) is 4.05. The van der Waals surface area contributed by atoms with Crippen LogP contribution in [0.5, 0.6) is 5.75 Å². The van der Waals surface area contributed by atoms with Gasteiger partial charge in [0.15, 0.2) is 0 Å². The predicted molar refractivity (Wildman–Crippen MR) is 78.9 cm³/mol. The average Bonchev–Trinajstić information content (AvgIpc) is 2.49. The second-order valence-electron chi connectivity index (χ2n) is 5.38. The van der Waals surface area contributed by atoms with Crippen LogP contribution in [-0.4, -0.2) is 29.6 Å². The second-order valence-corrected chi connectivity index (χ2v) is 5.82. The molecule has 1 aliphatic rings. The van der Waals surface area contributed by atoms with E-state index in [0.29, 0.717) is 25.7 Å². The number of benzene rings is 1. The van der Waals surface area contributed by atoms with E-state index in [9.17, 15) is 18.4 Å². The summed E-state index contributed by atoms with van der Waals surface area (Å²) in [6.07, 6.45) is 1.98. The Balaban J connectivity index is 2.03. The van der Waals surface area contributed by atoms with Crippen molar-refractivity contribution < 1.29 is 28.2 Å². The largest absolute Gasteiger partial charge is 0.481 e. The van der Waals surface area contributed by atoms with Gasteiger partial charge >= 0.3 is 12.6 Å². The van der Waals surface area contributed by atoms with Crippen molar-refractivity contribution in [3.63, 3.8) is 0 Å². The van der Waals surface area contributed by atoms with Crippen molar-refractivity contribution in [2.45, 2.75) is 38.3 Å². The lowest BCUT2D eigenvalue weighted by atomic mass is 9.86. The van der Waals surface area contributed by atoms with Crippen LogP contribution < -0.4 is 10.1 Å². The Kier molecular flexibility index (Phi) is 5.76. The fraction of sp³-hybridized carbons (Fsp3) is 0.467. The number of carbonyl (C=O) groups is 2. The molecule has 8 heteroatoms. The van der Waals surface area contributed by atoms with E-state index in [4.69, 9.17) is 16.7 Å². The average molecular weight is 348 g/mol. The summed E-state index contributed by atoms with van der Waals surface area (Å²) in [5.74, 6) is -2.05. The summed E-state index contributed by atoms with van der Waals surface area (Å²) in [7, 11) is 0. The number of ether oxygens (including phenoxy) is 1. The van der Waals surface area contributed by atoms with Crippen molar-refractivity contribution in [3.05, 3.63) is 28.8 Å². The molecule has 0 saturated heterocycles. The molecule has 0 aromatic heterocycles. The van der Waals surface area contributed by atoms with Crippen molar-refractivity contribution in [2.24, 2.45) is 5.92 Å². The number of amides is 1. The van der Waals surface area contributed by atoms with Gasteiger partial charge in [-0.3, -0.25) is 9.59 Å². The monoisotopic (exact) mass is 347 g/mol. The van der Waals surface area contributed by atoms with E-state index in [1.807, 2.05) is 0 Å². The lowest BCUT2D eigenvalue weighted by Gasteiger charge is -2.27. The molecule has 0 heterocycles. The van der Waals surface area contributed by atoms with Gasteiger partial charge in [0.1, 0.15) is 5.75 Å². The number of carbonyl (C=O) groups excluding carboxylic acids is 1. The lowest BCUT2D eigenvalue weighted by molar-refractivity contribution is -0.142. The number of rotatable bonds is 5. The molecule has 0 unspecified atom stereocenters. The zero-order chi connectivity index (χ0) is 17.0. The number of hydrogen-bond donors (Lipinski definition) is 2. The Hall–Kier alpha value is -1.89. The van der Waals surface area contributed by atoms with Gasteiger partial charge in [-0.15, -0.1) is 0 Å². The fourth-order valence-electron chi connectivity index (χ4n) is 2.63. The minimum Gasteiger partial charge on any atom is -0.481 e. The van der Waals surface area contributed by atoms with Gasteiger partial charge in [0, 0.05) is 11.1 Å². The number of carboxylic acids is 1. The van der Waals surface area contributed by atoms with Gasteiger partial charge in [-0.2, -0.15) is 8.78 Å². The molecule has 1 aliphatic carbocycles. The summed E-state index contributed by atoms with van der Waals surface area (Å²) in [4.78, 5) is 23.2. The van der Waals surface area contributed by atoms with E-state index >= 15 is 0 Å². The summed E-state index contributed by atoms with van der Waals surface area (Å²) >= 11 is 5.81. The van der Waals surface area contributed by atoms with Crippen LogP contribution >= 0.6 is 11.6 Å². The van der Waals surface area contributed by atoms with E-state index in [1.54, 1.807) is 0 Å². The molecule has 5 nitrogen and oxygen atoms in total. The second kappa shape index (κ2) is 7.59. The van der Waals surface area contributed by atoms with Crippen molar-refractivity contribution in [1.29, 1.82) is 0 Å². The van der Waals surface area contributed by atoms with E-state index in [2.05, 4.69) is 10.1 Å². The molecule has 23 heavy (non-hydrogen) atoms. The van der Waals surface area contributed by atoms with Crippen LogP contribution in [-0.2, 0) is 4.79 Å². The first-order valence-corrected chi connectivity index (χ1v) is 7.52. The molecule has 0 aliphatic heterocycles. The molecule has 126 valence electrons. The SMILES string of the molecule is O=C(NC1CCC(C(=O)O)CC1)c1cc(Cl)ccc1OC(F)F. The number of carboxylic acid groups (broad SMARTS) is 1. The van der Waals surface area contributed by atoms with Gasteiger partial charge in [0.2, 0.25) is 0 Å². The predicted octanol–water partition coefficient (Wildman–Crippen LogP) is 3.31. The van der Waals surface area contributed by atoms with Crippen molar-refractivity contribution in [3.8, 4) is 5.75 Å². The quantitative estimate of drug-likeness (QED) is 0.856. The van der Waals surface area contributed by atoms with Gasteiger partial charge in [0.25, 0.3) is 5.91 Å². The molecule has 1 fully saturated rings. The highest BCUT2D eigenvalue weighted by Crippen LogP contribution is 2.27. The van der Waals surface area contributed by atoms with Crippen LogP contribution in [0.4, 0.5) is 8.78 Å². The maximum atomic E-state index is 12.4. The molecule has 0 spiro atoms. The summed E-state index contributed by atoms with van der Waals surface area (Å²) in [5.41, 5.74) is -0.0711. The Bertz CT molecular complexity index is 589. The van der Waals surface area contributed by atoms with E-state index in [-0.39, 0.29) is 22.4 Å². The number of hydrogen-bond acceptors (Lipinski definition) is 3. The Morgan fingerprint density at radius 1 is 1.26 bits per heavy atom. The number of halogens is 3. The highest BCUT2D eigenvalue weighted by Gasteiger charge is 2.27. The molecular formula is C15H16ClF2NO4. The third kappa shape index (κ3) is 4.79. The van der Waals surface area contributed by atoms with Gasteiger partial charge in [0.05, 0.1) is 11.5 Å². The lowest BCUT2D eigenvalue weighted by Crippen LogP contribution is -2.38. The molecule has 0 bridgehead atoms. The highest BCUT2D eigenvalue weighted by atomic mass is 35.5. The molecule has 1 aromatic rings. The number of aliphatic carboxylic acids is 1. The van der Waals surface area contributed by atoms with Crippen molar-refractivity contribution in [1.82, 2.24) is 5.32 Å². The molecule has 2 N–H and O–H groups in total. The van der Waals surface area contributed by atoms with E-state index < -0.39 is 24.4 Å². The van der Waals surface area contributed by atoms with Gasteiger partial charge in [-0.05, 0) is 43.9 Å². The molecule has 2 rings (SSSR count). The Morgan fingerprint density at radius 2 is 1.91 bits per heavy atom. The summed E-state index contributed by atoms with van der Waals surface area (Å²) in [6, 6.07) is 3.63. The molecular weight excluding hydrogens is 332 g/mol. The number of alkyl halides is 2. The zero-order valence-electron chi connectivity index (χ0n) is 12.1. The maximum absolute atomic E-state index is 12.4. The normalized spacial score (nSPS) is 21.0. The van der Waals surface area contributed by atoms with Crippen LogP contribution in [0.2, 0.25) is 5.02 Å². The first-order valence-electron chi connectivity index (χ1n) is 7.15. The van der Waals surface area contributed by atoms with Crippen LogP contribution in [0.25, 0.3) is 0 Å². The Labute approximate surface area is 136 Å². The highest BCUT2D eigenvalue weighted by molar-refractivity contribution is 6.31. The van der Waals surface area contributed by atoms with Gasteiger partial charge in [-0.1, -0.05) is 11.6 Å². The van der Waals surface area contributed by atoms with Crippen LogP contribution in [0.1, 0.15) is 36.0 Å². The first kappa shape index (κ1) is 17.5. The summed E-state index contributed by atoms with van der Waals surface area (Å²) < 4.78 is 29.1. The molecule has 1 aromatic carbocycles. The smallest absolute Gasteiger partial charge is 0.387 e. The van der Waals surface area contributed by atoms with Crippen LogP contribution in [0.15, 0.2) is 18.2 Å². The van der Waals surface area contributed by atoms with Crippen LogP contribution in [0, 0.1) is 5.92 Å². The van der Waals surface area contributed by atoms with E-state index in [1.165, 1.54) is 18.2 Å². The summed E-state index contributed by atoms with van der Waals surface area (Å²) in [5, 5.41) is 11.9. The minimum atomic E-state index is -3.05. The van der Waals surface area contributed by atoms with Gasteiger partial charge in [-0.25, -0.2) is 0 Å². The van der Waals surface area contributed by atoms with Crippen molar-refractivity contribution in [2.75, 3.05) is 0 Å². The number of nitrogens with one attached hydrogen (secondary N) is 1. The Morgan fingerprint density at radius 3 is 2.48 bits per heavy atom. The third-order valence-electron chi connectivity index (χ3n) is 3.81. The van der Waals surface area contributed by atoms with Crippen molar-refractivity contribution >= 4 is 23.5 Å².